The Hall–Kier alpha value is -2.15. The van der Waals surface area contributed by atoms with E-state index in [-0.39, 0.29) is 5.69 Å². The Morgan fingerprint density at radius 2 is 2.05 bits per heavy atom. The predicted molar refractivity (Wildman–Crippen MR) is 86.4 cm³/mol. The van der Waals surface area contributed by atoms with Crippen LogP contribution in [0.15, 0.2) is 34.9 Å². The molecule has 0 saturated heterocycles. The van der Waals surface area contributed by atoms with E-state index in [9.17, 15) is 10.1 Å². The summed E-state index contributed by atoms with van der Waals surface area (Å²) in [5, 5.41) is 14.0. The fraction of sp³-hybridized carbons (Fsp3) is 0.214. The lowest BCUT2D eigenvalue weighted by molar-refractivity contribution is -0.385. The van der Waals surface area contributed by atoms with Crippen LogP contribution in [0.2, 0.25) is 0 Å². The third-order valence-electron chi connectivity index (χ3n) is 3.12. The van der Waals surface area contributed by atoms with Crippen LogP contribution in [-0.2, 0) is 6.42 Å². The molecule has 0 aliphatic carbocycles. The molecule has 0 unspecified atom stereocenters. The molecule has 0 saturated carbocycles. The fourth-order valence-corrected chi connectivity index (χ4v) is 2.33. The minimum absolute atomic E-state index is 0.00552. The molecule has 0 aliphatic rings. The summed E-state index contributed by atoms with van der Waals surface area (Å²) in [5.41, 5.74) is 8.10. The van der Waals surface area contributed by atoms with Gasteiger partial charge in [0.15, 0.2) is 0 Å². The molecule has 1 aromatic heterocycles. The van der Waals surface area contributed by atoms with Crippen molar-refractivity contribution in [3.8, 4) is 0 Å². The summed E-state index contributed by atoms with van der Waals surface area (Å²) in [7, 11) is 0. The molecule has 0 radical (unpaired) electrons. The topological polar surface area (TPSA) is 94.1 Å². The van der Waals surface area contributed by atoms with E-state index in [0.29, 0.717) is 22.4 Å². The van der Waals surface area contributed by atoms with E-state index >= 15 is 0 Å². The molecule has 1 heterocycles. The predicted octanol–water partition coefficient (Wildman–Crippen LogP) is 3.30. The lowest BCUT2D eigenvalue weighted by Gasteiger charge is -2.09. The van der Waals surface area contributed by atoms with E-state index in [1.165, 1.54) is 6.20 Å². The number of nitrogens with one attached hydrogen (secondary N) is 1. The summed E-state index contributed by atoms with van der Waals surface area (Å²) < 4.78 is 0.619. The average Bonchev–Trinajstić information content (AvgIpc) is 2.45. The van der Waals surface area contributed by atoms with Gasteiger partial charge in [-0.25, -0.2) is 4.98 Å². The number of halogens is 1. The Morgan fingerprint density at radius 3 is 2.67 bits per heavy atom. The number of benzene rings is 1. The summed E-state index contributed by atoms with van der Waals surface area (Å²) in [5.74, 6) is 0.605. The van der Waals surface area contributed by atoms with Gasteiger partial charge in [0.1, 0.15) is 12.0 Å². The molecule has 0 fully saturated rings. The number of hydrogen-bond acceptors (Lipinski definition) is 5. The summed E-state index contributed by atoms with van der Waals surface area (Å²) >= 11 is 3.35. The summed E-state index contributed by atoms with van der Waals surface area (Å²) in [6.45, 7) is 2.36. The molecule has 3 N–H and O–H groups in total. The lowest BCUT2D eigenvalue weighted by Crippen LogP contribution is -2.08. The number of nitrogens with two attached hydrogens (primary N) is 1. The van der Waals surface area contributed by atoms with Crippen molar-refractivity contribution in [2.75, 3.05) is 17.6 Å². The number of hydrogen-bond donors (Lipinski definition) is 2. The van der Waals surface area contributed by atoms with Crippen molar-refractivity contribution in [1.82, 2.24) is 4.98 Å². The van der Waals surface area contributed by atoms with Gasteiger partial charge in [-0.15, -0.1) is 0 Å². The molecule has 2 rings (SSSR count). The van der Waals surface area contributed by atoms with Crippen molar-refractivity contribution >= 4 is 33.1 Å². The molecule has 7 heteroatoms. The highest BCUT2D eigenvalue weighted by atomic mass is 79.9. The van der Waals surface area contributed by atoms with E-state index in [2.05, 4.69) is 26.2 Å². The molecule has 0 amide bonds. The van der Waals surface area contributed by atoms with Crippen molar-refractivity contribution in [1.29, 1.82) is 0 Å². The second-order valence-electron chi connectivity index (χ2n) is 4.61. The van der Waals surface area contributed by atoms with Gasteiger partial charge in [0.2, 0.25) is 0 Å². The van der Waals surface area contributed by atoms with Crippen LogP contribution in [0.5, 0.6) is 0 Å². The molecular formula is C14H15BrN4O2. The first-order chi connectivity index (χ1) is 9.99. The summed E-state index contributed by atoms with van der Waals surface area (Å²) in [4.78, 5) is 14.5. The molecule has 0 bridgehead atoms. The quantitative estimate of drug-likeness (QED) is 0.490. The largest absolute Gasteiger partial charge is 0.399 e. The maximum absolute atomic E-state index is 10.8. The maximum atomic E-state index is 10.8. The van der Waals surface area contributed by atoms with Gasteiger partial charge in [-0.05, 0) is 47.0 Å². The molecule has 2 aromatic rings. The van der Waals surface area contributed by atoms with Crippen molar-refractivity contribution in [2.24, 2.45) is 0 Å². The highest BCUT2D eigenvalue weighted by Gasteiger charge is 2.16. The van der Waals surface area contributed by atoms with Gasteiger partial charge in [0.25, 0.3) is 5.69 Å². The third kappa shape index (κ3) is 3.69. The molecular weight excluding hydrogens is 336 g/mol. The zero-order valence-electron chi connectivity index (χ0n) is 11.5. The van der Waals surface area contributed by atoms with E-state index in [1.807, 2.05) is 24.3 Å². The van der Waals surface area contributed by atoms with Crippen LogP contribution in [0.4, 0.5) is 17.2 Å². The number of rotatable bonds is 5. The number of nitrogen functional groups attached to an aromatic ring is 1. The van der Waals surface area contributed by atoms with Crippen molar-refractivity contribution in [3.05, 3.63) is 56.2 Å². The average molecular weight is 351 g/mol. The van der Waals surface area contributed by atoms with Gasteiger partial charge in [-0.3, -0.25) is 10.1 Å². The number of pyridine rings is 1. The van der Waals surface area contributed by atoms with Gasteiger partial charge in [-0.2, -0.15) is 0 Å². The van der Waals surface area contributed by atoms with Crippen LogP contribution < -0.4 is 11.1 Å². The molecule has 21 heavy (non-hydrogen) atoms. The van der Waals surface area contributed by atoms with Crippen LogP contribution >= 0.6 is 15.9 Å². The van der Waals surface area contributed by atoms with Gasteiger partial charge in [0.05, 0.1) is 9.40 Å². The highest BCUT2D eigenvalue weighted by Crippen LogP contribution is 2.30. The number of aromatic nitrogens is 1. The normalized spacial score (nSPS) is 10.4. The smallest absolute Gasteiger partial charge is 0.291 e. The number of anilines is 2. The lowest BCUT2D eigenvalue weighted by atomic mass is 10.1. The van der Waals surface area contributed by atoms with Gasteiger partial charge in [-0.1, -0.05) is 12.1 Å². The molecule has 6 nitrogen and oxygen atoms in total. The minimum atomic E-state index is -0.439. The van der Waals surface area contributed by atoms with E-state index < -0.39 is 4.92 Å². The fourth-order valence-electron chi connectivity index (χ4n) is 1.89. The van der Waals surface area contributed by atoms with E-state index in [1.54, 1.807) is 6.92 Å². The van der Waals surface area contributed by atoms with Gasteiger partial charge < -0.3 is 11.1 Å². The van der Waals surface area contributed by atoms with Crippen molar-refractivity contribution < 1.29 is 4.92 Å². The molecule has 110 valence electrons. The molecule has 1 aromatic carbocycles. The van der Waals surface area contributed by atoms with Crippen LogP contribution in [0.3, 0.4) is 0 Å². The molecule has 0 atom stereocenters. The Labute approximate surface area is 130 Å². The van der Waals surface area contributed by atoms with Gasteiger partial charge in [0, 0.05) is 17.8 Å². The van der Waals surface area contributed by atoms with Crippen LogP contribution in [0, 0.1) is 17.0 Å². The molecule has 0 spiro atoms. The summed E-state index contributed by atoms with van der Waals surface area (Å²) in [6, 6.07) is 7.67. The SMILES string of the molecule is Cc1c([N+](=O)[O-])cnc(NCCc2ccc(N)cc2)c1Br. The van der Waals surface area contributed by atoms with Crippen molar-refractivity contribution in [2.45, 2.75) is 13.3 Å². The minimum Gasteiger partial charge on any atom is -0.399 e. The Balaban J connectivity index is 2.02. The standard InChI is InChI=1S/C14H15BrN4O2/c1-9-12(19(20)21)8-18-14(13(9)15)17-7-6-10-2-4-11(16)5-3-10/h2-5,8H,6-7,16H2,1H3,(H,17,18). The zero-order chi connectivity index (χ0) is 15.4. The number of nitro groups is 1. The summed E-state index contributed by atoms with van der Waals surface area (Å²) in [6.07, 6.45) is 2.08. The first-order valence-electron chi connectivity index (χ1n) is 6.37. The van der Waals surface area contributed by atoms with Crippen LogP contribution in [-0.4, -0.2) is 16.5 Å². The second-order valence-corrected chi connectivity index (χ2v) is 5.40. The Bertz CT molecular complexity index is 659. The van der Waals surface area contributed by atoms with Gasteiger partial charge >= 0.3 is 0 Å². The zero-order valence-corrected chi connectivity index (χ0v) is 13.1. The number of nitrogens with zero attached hydrogens (tertiary/aromatic N) is 2. The first-order valence-corrected chi connectivity index (χ1v) is 7.16. The highest BCUT2D eigenvalue weighted by molar-refractivity contribution is 9.10. The van der Waals surface area contributed by atoms with E-state index in [0.717, 1.165) is 17.7 Å². The maximum Gasteiger partial charge on any atom is 0.291 e. The van der Waals surface area contributed by atoms with E-state index in [4.69, 9.17) is 5.73 Å². The first kappa shape index (κ1) is 15.2. The Kier molecular flexibility index (Phi) is 4.74. The molecule has 0 aliphatic heterocycles. The van der Waals surface area contributed by atoms with Crippen LogP contribution in [0.1, 0.15) is 11.1 Å². The monoisotopic (exact) mass is 350 g/mol. The second kappa shape index (κ2) is 6.53. The Morgan fingerprint density at radius 1 is 1.38 bits per heavy atom. The van der Waals surface area contributed by atoms with Crippen LogP contribution in [0.25, 0.3) is 0 Å². The third-order valence-corrected chi connectivity index (χ3v) is 4.09. The van der Waals surface area contributed by atoms with Crippen molar-refractivity contribution in [3.63, 3.8) is 0 Å².